The number of carbonyl (C=O) groups excluding carboxylic acids is 1. The van der Waals surface area contributed by atoms with Gasteiger partial charge in [-0.2, -0.15) is 10.1 Å². The van der Waals surface area contributed by atoms with Gasteiger partial charge >= 0.3 is 0 Å². The minimum absolute atomic E-state index is 0.0594. The molecule has 0 atom stereocenters. The molecular weight excluding hydrogens is 320 g/mol. The number of nitrogens with zero attached hydrogens (tertiary/aromatic N) is 7. The number of rotatable bonds is 2. The summed E-state index contributed by atoms with van der Waals surface area (Å²) >= 11 is 0. The largest absolute Gasteiger partial charge is 0.318 e. The topological polar surface area (TPSA) is 103 Å². The molecule has 0 unspecified atom stereocenters. The van der Waals surface area contributed by atoms with Crippen LogP contribution in [-0.2, 0) is 7.05 Å². The molecule has 9 nitrogen and oxygen atoms in total. The van der Waals surface area contributed by atoms with Crippen molar-refractivity contribution in [3.05, 3.63) is 41.2 Å². The molecule has 0 saturated carbocycles. The Morgan fingerprint density at radius 2 is 1.92 bits per heavy atom. The smallest absolute Gasteiger partial charge is 0.295 e. The first-order valence-corrected chi connectivity index (χ1v) is 7.74. The summed E-state index contributed by atoms with van der Waals surface area (Å²) in [7, 11) is 1.83. The fraction of sp³-hybridized carbons (Fsp3) is 0.250. The van der Waals surface area contributed by atoms with Crippen LogP contribution in [0.1, 0.15) is 27.7 Å². The first kappa shape index (κ1) is 15.2. The Hall–Kier alpha value is -3.36. The van der Waals surface area contributed by atoms with E-state index in [1.165, 1.54) is 0 Å². The van der Waals surface area contributed by atoms with Gasteiger partial charge in [0.15, 0.2) is 5.65 Å². The third kappa shape index (κ3) is 2.49. The third-order valence-electron chi connectivity index (χ3n) is 3.94. The Morgan fingerprint density at radius 3 is 2.72 bits per heavy atom. The Kier molecular flexibility index (Phi) is 3.24. The predicted molar refractivity (Wildman–Crippen MR) is 91.5 cm³/mol. The Bertz CT molecular complexity index is 1140. The van der Waals surface area contributed by atoms with Crippen LogP contribution in [0, 0.1) is 20.8 Å². The first-order valence-electron chi connectivity index (χ1n) is 7.74. The lowest BCUT2D eigenvalue weighted by Gasteiger charge is -2.02. The summed E-state index contributed by atoms with van der Waals surface area (Å²) in [4.78, 5) is 25.3. The van der Waals surface area contributed by atoms with Gasteiger partial charge in [-0.1, -0.05) is 0 Å². The number of fused-ring (bicyclic) bond motifs is 2. The molecule has 126 valence electrons. The Balaban J connectivity index is 1.68. The van der Waals surface area contributed by atoms with Crippen molar-refractivity contribution in [2.75, 3.05) is 5.32 Å². The molecule has 4 rings (SSSR count). The molecule has 1 amide bonds. The average Bonchev–Trinajstić information content (AvgIpc) is 3.09. The molecular formula is C16H16N8O. The van der Waals surface area contributed by atoms with Gasteiger partial charge in [-0.25, -0.2) is 14.5 Å². The van der Waals surface area contributed by atoms with Gasteiger partial charge in [0.25, 0.3) is 11.7 Å². The average molecular weight is 336 g/mol. The van der Waals surface area contributed by atoms with Crippen LogP contribution in [0.3, 0.4) is 0 Å². The quantitative estimate of drug-likeness (QED) is 0.596. The molecule has 0 aliphatic rings. The minimum atomic E-state index is -0.412. The molecule has 0 spiro atoms. The number of aryl methyl sites for hydroxylation is 4. The van der Waals surface area contributed by atoms with Crippen molar-refractivity contribution in [2.45, 2.75) is 20.8 Å². The number of hydrogen-bond acceptors (Lipinski definition) is 6. The van der Waals surface area contributed by atoms with Gasteiger partial charge in [0.1, 0.15) is 0 Å². The highest BCUT2D eigenvalue weighted by Crippen LogP contribution is 2.19. The van der Waals surface area contributed by atoms with E-state index >= 15 is 0 Å². The summed E-state index contributed by atoms with van der Waals surface area (Å²) in [5.74, 6) is 0.0498. The van der Waals surface area contributed by atoms with Crippen LogP contribution in [0.15, 0.2) is 18.3 Å². The fourth-order valence-electron chi connectivity index (χ4n) is 2.83. The standard InChI is InChI=1S/C16H16N8O/c1-8-5-9(2)24-16(18-8)20-13(22-24)15(25)19-11-6-12-10(3)21-23(4)14(12)17-7-11/h5-7H,1-4H3,(H,19,25). The fourth-order valence-corrected chi connectivity index (χ4v) is 2.83. The van der Waals surface area contributed by atoms with Crippen molar-refractivity contribution in [1.82, 2.24) is 34.3 Å². The molecule has 1 N–H and O–H groups in total. The van der Waals surface area contributed by atoms with E-state index < -0.39 is 5.91 Å². The lowest BCUT2D eigenvalue weighted by atomic mass is 10.2. The molecule has 4 aromatic rings. The maximum Gasteiger partial charge on any atom is 0.295 e. The molecule has 0 aliphatic carbocycles. The number of carbonyl (C=O) groups is 1. The highest BCUT2D eigenvalue weighted by molar-refractivity contribution is 6.02. The van der Waals surface area contributed by atoms with Gasteiger partial charge in [0, 0.05) is 23.8 Å². The van der Waals surface area contributed by atoms with Crippen LogP contribution in [0.2, 0.25) is 0 Å². The molecule has 0 bridgehead atoms. The minimum Gasteiger partial charge on any atom is -0.318 e. The van der Waals surface area contributed by atoms with Crippen molar-refractivity contribution >= 4 is 28.4 Å². The molecule has 0 fully saturated rings. The van der Waals surface area contributed by atoms with E-state index in [2.05, 4.69) is 30.5 Å². The summed E-state index contributed by atoms with van der Waals surface area (Å²) in [6, 6.07) is 3.72. The van der Waals surface area contributed by atoms with Crippen LogP contribution in [-0.4, -0.2) is 40.3 Å². The maximum atomic E-state index is 12.5. The highest BCUT2D eigenvalue weighted by atomic mass is 16.2. The van der Waals surface area contributed by atoms with E-state index in [0.29, 0.717) is 11.5 Å². The van der Waals surface area contributed by atoms with Crippen LogP contribution in [0.5, 0.6) is 0 Å². The second-order valence-electron chi connectivity index (χ2n) is 5.94. The van der Waals surface area contributed by atoms with E-state index in [4.69, 9.17) is 0 Å². The first-order chi connectivity index (χ1) is 11.9. The summed E-state index contributed by atoms with van der Waals surface area (Å²) in [6.45, 7) is 5.66. The highest BCUT2D eigenvalue weighted by Gasteiger charge is 2.16. The van der Waals surface area contributed by atoms with E-state index in [1.54, 1.807) is 15.4 Å². The van der Waals surface area contributed by atoms with Gasteiger partial charge in [-0.05, 0) is 32.9 Å². The van der Waals surface area contributed by atoms with Crippen molar-refractivity contribution in [1.29, 1.82) is 0 Å². The Labute approximate surface area is 142 Å². The molecule has 0 saturated heterocycles. The van der Waals surface area contributed by atoms with E-state index in [-0.39, 0.29) is 5.82 Å². The number of amides is 1. The molecule has 4 aromatic heterocycles. The third-order valence-corrected chi connectivity index (χ3v) is 3.94. The zero-order valence-corrected chi connectivity index (χ0v) is 14.3. The zero-order chi connectivity index (χ0) is 17.7. The van der Waals surface area contributed by atoms with Crippen molar-refractivity contribution in [3.63, 3.8) is 0 Å². The predicted octanol–water partition coefficient (Wildman–Crippen LogP) is 1.58. The van der Waals surface area contributed by atoms with Crippen LogP contribution in [0.25, 0.3) is 16.8 Å². The van der Waals surface area contributed by atoms with Crippen LogP contribution >= 0.6 is 0 Å². The van der Waals surface area contributed by atoms with E-state index in [9.17, 15) is 4.79 Å². The summed E-state index contributed by atoms with van der Waals surface area (Å²) in [5.41, 5.74) is 3.86. The molecule has 0 aromatic carbocycles. The zero-order valence-electron chi connectivity index (χ0n) is 14.3. The van der Waals surface area contributed by atoms with Crippen molar-refractivity contribution in [3.8, 4) is 0 Å². The second kappa shape index (κ2) is 5.33. The number of anilines is 1. The van der Waals surface area contributed by atoms with Gasteiger partial charge < -0.3 is 5.32 Å². The van der Waals surface area contributed by atoms with Gasteiger partial charge in [-0.15, -0.1) is 5.10 Å². The maximum absolute atomic E-state index is 12.5. The lowest BCUT2D eigenvalue weighted by molar-refractivity contribution is 0.101. The van der Waals surface area contributed by atoms with Gasteiger partial charge in [0.2, 0.25) is 5.82 Å². The van der Waals surface area contributed by atoms with Gasteiger partial charge in [0.05, 0.1) is 17.6 Å². The van der Waals surface area contributed by atoms with Crippen LogP contribution < -0.4 is 5.32 Å². The SMILES string of the molecule is Cc1cc(C)n2nc(C(=O)Nc3cnc4c(c3)c(C)nn4C)nc2n1. The Morgan fingerprint density at radius 1 is 1.12 bits per heavy atom. The molecule has 25 heavy (non-hydrogen) atoms. The van der Waals surface area contributed by atoms with Gasteiger partial charge in [-0.3, -0.25) is 9.48 Å². The monoisotopic (exact) mass is 336 g/mol. The number of aromatic nitrogens is 7. The van der Waals surface area contributed by atoms with E-state index in [1.807, 2.05) is 40.0 Å². The molecule has 0 aliphatic heterocycles. The van der Waals surface area contributed by atoms with E-state index in [0.717, 1.165) is 28.1 Å². The normalized spacial score (nSPS) is 11.4. The molecule has 4 heterocycles. The number of nitrogens with one attached hydrogen (secondary N) is 1. The van der Waals surface area contributed by atoms with Crippen molar-refractivity contribution in [2.24, 2.45) is 7.05 Å². The summed E-state index contributed by atoms with van der Waals surface area (Å²) in [6.07, 6.45) is 1.59. The van der Waals surface area contributed by atoms with Crippen LogP contribution in [0.4, 0.5) is 5.69 Å². The second-order valence-corrected chi connectivity index (χ2v) is 5.94. The number of pyridine rings is 1. The van der Waals surface area contributed by atoms with Crippen molar-refractivity contribution < 1.29 is 4.79 Å². The summed E-state index contributed by atoms with van der Waals surface area (Å²) < 4.78 is 3.26. The molecule has 0 radical (unpaired) electrons. The summed E-state index contributed by atoms with van der Waals surface area (Å²) in [5, 5.41) is 12.2. The lowest BCUT2D eigenvalue weighted by Crippen LogP contribution is -2.14. The number of hydrogen-bond donors (Lipinski definition) is 1. The molecule has 9 heteroatoms.